The van der Waals surface area contributed by atoms with Gasteiger partial charge in [-0.1, -0.05) is 11.2 Å². The van der Waals surface area contributed by atoms with Gasteiger partial charge in [-0.3, -0.25) is 0 Å². The van der Waals surface area contributed by atoms with Crippen molar-refractivity contribution in [1.29, 1.82) is 0 Å². The minimum atomic E-state index is -1.15. The molecule has 0 aliphatic rings. The normalized spacial score (nSPS) is 15.8. The maximum atomic E-state index is 7.89. The molecule has 1 atom stereocenters. The van der Waals surface area contributed by atoms with E-state index in [4.69, 9.17) is 16.1 Å². The largest absolute Gasteiger partial charge is 0.359 e. The number of hydrogen-bond donors (Lipinski definition) is 1. The van der Waals surface area contributed by atoms with Gasteiger partial charge < -0.3 is 4.89 Å². The Kier molecular flexibility index (Phi) is 2.28. The van der Waals surface area contributed by atoms with Gasteiger partial charge in [0.2, 0.25) is 0 Å². The average Bonchev–Trinajstić information content (AvgIpc) is 0.811. The van der Waals surface area contributed by atoms with Crippen LogP contribution in [0.4, 0.5) is 0 Å². The van der Waals surface area contributed by atoms with E-state index >= 15 is 0 Å². The van der Waals surface area contributed by atoms with Gasteiger partial charge in [-0.2, -0.15) is 0 Å². The van der Waals surface area contributed by atoms with Crippen molar-refractivity contribution in [2.75, 3.05) is 6.66 Å². The molecule has 1 nitrogen and oxygen atoms in total. The lowest BCUT2D eigenvalue weighted by atomic mass is 12.0. The third-order valence-corrected chi connectivity index (χ3v) is 0. The first kappa shape index (κ1) is 4.68. The fourth-order valence-electron chi connectivity index (χ4n) is 0. The summed E-state index contributed by atoms with van der Waals surface area (Å²) < 4.78 is 0. The molecule has 3 heteroatoms. The molecular weight excluding hydrogens is 94.4 g/mol. The first-order chi connectivity index (χ1) is 1.73. The van der Waals surface area contributed by atoms with Crippen molar-refractivity contribution in [3.05, 3.63) is 0 Å². The summed E-state index contributed by atoms with van der Waals surface area (Å²) in [7, 11) is -1.15. The Bertz CT molecular complexity index is 12.8. The predicted molar refractivity (Wildman–Crippen MR) is 20.9 cm³/mol. The zero-order chi connectivity index (χ0) is 3.58. The molecule has 0 aromatic rings. The SMILES string of the molecule is CP(O)Cl. The molecule has 0 aliphatic carbocycles. The lowest BCUT2D eigenvalue weighted by Crippen LogP contribution is -1.38. The second-order valence-corrected chi connectivity index (χ2v) is 2.80. The van der Waals surface area contributed by atoms with Crippen LogP contribution in [0.15, 0.2) is 0 Å². The highest BCUT2D eigenvalue weighted by Gasteiger charge is 1.73. The number of rotatable bonds is 0. The molecule has 0 aliphatic heterocycles. The summed E-state index contributed by atoms with van der Waals surface area (Å²) in [6, 6.07) is 0. The van der Waals surface area contributed by atoms with E-state index in [1.165, 1.54) is 0 Å². The Morgan fingerprint density at radius 2 is 2.00 bits per heavy atom. The Balaban J connectivity index is 2.32. The van der Waals surface area contributed by atoms with E-state index in [1.807, 2.05) is 0 Å². The van der Waals surface area contributed by atoms with E-state index in [0.717, 1.165) is 0 Å². The first-order valence-electron chi connectivity index (χ1n) is 0.816. The van der Waals surface area contributed by atoms with Gasteiger partial charge >= 0.3 is 0 Å². The second kappa shape index (κ2) is 1.95. The van der Waals surface area contributed by atoms with Gasteiger partial charge in [-0.05, 0) is 6.66 Å². The van der Waals surface area contributed by atoms with E-state index in [1.54, 1.807) is 6.66 Å². The van der Waals surface area contributed by atoms with E-state index in [0.29, 0.717) is 0 Å². The first-order valence-corrected chi connectivity index (χ1v) is 3.46. The van der Waals surface area contributed by atoms with Crippen molar-refractivity contribution >= 4 is 18.7 Å². The minimum Gasteiger partial charge on any atom is -0.359 e. The quantitative estimate of drug-likeness (QED) is 0.451. The molecule has 1 unspecified atom stereocenters. The van der Waals surface area contributed by atoms with Gasteiger partial charge in [0, 0.05) is 0 Å². The summed E-state index contributed by atoms with van der Waals surface area (Å²) in [5.74, 6) is 0. The monoisotopic (exact) mass is 98.0 g/mol. The highest BCUT2D eigenvalue weighted by Crippen LogP contribution is 2.28. The molecule has 4 heavy (non-hydrogen) atoms. The van der Waals surface area contributed by atoms with Crippen LogP contribution in [0.25, 0.3) is 0 Å². The van der Waals surface area contributed by atoms with Crippen LogP contribution in [0.5, 0.6) is 0 Å². The molecule has 0 aromatic heterocycles. The standard InChI is InChI=1S/CH4ClOP/c1-4(2)3/h3H,1H3. The van der Waals surface area contributed by atoms with Crippen LogP contribution in [0.1, 0.15) is 0 Å². The minimum absolute atomic E-state index is 1.15. The average molecular weight is 98.5 g/mol. The van der Waals surface area contributed by atoms with E-state index < -0.39 is 7.50 Å². The van der Waals surface area contributed by atoms with Crippen LogP contribution in [0.2, 0.25) is 0 Å². The zero-order valence-corrected chi connectivity index (χ0v) is 3.92. The molecule has 1 N–H and O–H groups in total. The maximum absolute atomic E-state index is 7.89. The smallest absolute Gasteiger partial charge is 0.118 e. The van der Waals surface area contributed by atoms with Crippen LogP contribution in [-0.2, 0) is 0 Å². The molecule has 0 radical (unpaired) electrons. The zero-order valence-electron chi connectivity index (χ0n) is 2.27. The summed E-state index contributed by atoms with van der Waals surface area (Å²) in [6.07, 6.45) is 0. The molecule has 0 saturated heterocycles. The molecular formula is CH4ClOP. The predicted octanol–water partition coefficient (Wildman–Crippen LogP) is 1.16. The molecule has 0 fully saturated rings. The molecule has 0 bridgehead atoms. The van der Waals surface area contributed by atoms with Crippen LogP contribution in [-0.4, -0.2) is 11.6 Å². The third kappa shape index (κ3) is 16.4. The molecule has 26 valence electrons. The highest BCUT2D eigenvalue weighted by molar-refractivity contribution is 7.78. The van der Waals surface area contributed by atoms with Crippen molar-refractivity contribution in [3.63, 3.8) is 0 Å². The van der Waals surface area contributed by atoms with Crippen molar-refractivity contribution < 1.29 is 4.89 Å². The van der Waals surface area contributed by atoms with Crippen LogP contribution >= 0.6 is 18.7 Å². The molecule has 0 amide bonds. The van der Waals surface area contributed by atoms with Gasteiger partial charge in [-0.15, -0.1) is 0 Å². The summed E-state index contributed by atoms with van der Waals surface area (Å²) in [6.45, 7) is 1.55. The van der Waals surface area contributed by atoms with Crippen LogP contribution in [0.3, 0.4) is 0 Å². The molecule has 0 heterocycles. The maximum Gasteiger partial charge on any atom is 0.118 e. The summed E-state index contributed by atoms with van der Waals surface area (Å²) >= 11 is 4.90. The fraction of sp³-hybridized carbons (Fsp3) is 1.00. The van der Waals surface area contributed by atoms with Crippen molar-refractivity contribution in [1.82, 2.24) is 0 Å². The topological polar surface area (TPSA) is 20.2 Å². The van der Waals surface area contributed by atoms with Crippen molar-refractivity contribution in [3.8, 4) is 0 Å². The van der Waals surface area contributed by atoms with E-state index in [9.17, 15) is 0 Å². The molecule has 0 rings (SSSR count). The molecule has 0 aromatic carbocycles. The number of hydrogen-bond acceptors (Lipinski definition) is 1. The van der Waals surface area contributed by atoms with Gasteiger partial charge in [0.05, 0.1) is 0 Å². The van der Waals surface area contributed by atoms with Crippen molar-refractivity contribution in [2.45, 2.75) is 0 Å². The molecule has 0 spiro atoms. The lowest BCUT2D eigenvalue weighted by Gasteiger charge is -1.76. The fourth-order valence-corrected chi connectivity index (χ4v) is 0. The van der Waals surface area contributed by atoms with E-state index in [2.05, 4.69) is 0 Å². The lowest BCUT2D eigenvalue weighted by molar-refractivity contribution is 0.646. The van der Waals surface area contributed by atoms with Gasteiger partial charge in [0.25, 0.3) is 0 Å². The Labute approximate surface area is 31.2 Å². The number of halogens is 1. The second-order valence-electron chi connectivity index (χ2n) is 0.445. The van der Waals surface area contributed by atoms with Crippen molar-refractivity contribution in [2.24, 2.45) is 0 Å². The van der Waals surface area contributed by atoms with Gasteiger partial charge in [0.1, 0.15) is 7.50 Å². The molecule has 0 saturated carbocycles. The Morgan fingerprint density at radius 3 is 2.00 bits per heavy atom. The highest BCUT2D eigenvalue weighted by atomic mass is 35.7. The summed E-state index contributed by atoms with van der Waals surface area (Å²) in [5, 5.41) is 0. The van der Waals surface area contributed by atoms with E-state index in [-0.39, 0.29) is 0 Å². The Morgan fingerprint density at radius 1 is 2.00 bits per heavy atom. The van der Waals surface area contributed by atoms with Gasteiger partial charge in [0.15, 0.2) is 0 Å². The summed E-state index contributed by atoms with van der Waals surface area (Å²) in [4.78, 5) is 7.89. The third-order valence-electron chi connectivity index (χ3n) is 0. The Hall–Kier alpha value is 0.680. The van der Waals surface area contributed by atoms with Crippen LogP contribution < -0.4 is 0 Å². The van der Waals surface area contributed by atoms with Gasteiger partial charge in [-0.25, -0.2) is 0 Å². The van der Waals surface area contributed by atoms with Crippen LogP contribution in [0, 0.1) is 0 Å². The summed E-state index contributed by atoms with van der Waals surface area (Å²) in [5.41, 5.74) is 0.